The second kappa shape index (κ2) is 6.05. The van der Waals surface area contributed by atoms with Crippen LogP contribution < -0.4 is 4.90 Å². The molecule has 1 aromatic rings. The number of carboxylic acid groups (broad SMARTS) is 1. The highest BCUT2D eigenvalue weighted by Gasteiger charge is 2.19. The van der Waals surface area contributed by atoms with E-state index in [0.29, 0.717) is 6.54 Å². The van der Waals surface area contributed by atoms with Gasteiger partial charge in [0.2, 0.25) is 0 Å². The van der Waals surface area contributed by atoms with Crippen LogP contribution in [0.3, 0.4) is 0 Å². The molecule has 0 saturated heterocycles. The van der Waals surface area contributed by atoms with Gasteiger partial charge in [-0.15, -0.1) is 0 Å². The first-order valence-electron chi connectivity index (χ1n) is 5.77. The lowest BCUT2D eigenvalue weighted by atomic mass is 10.1. The van der Waals surface area contributed by atoms with Gasteiger partial charge in [0, 0.05) is 18.3 Å². The van der Waals surface area contributed by atoms with Crippen LogP contribution in [0.4, 0.5) is 10.1 Å². The molecule has 18 heavy (non-hydrogen) atoms. The molecule has 0 aromatic heterocycles. The third kappa shape index (κ3) is 3.60. The van der Waals surface area contributed by atoms with Gasteiger partial charge >= 0.3 is 5.97 Å². The van der Waals surface area contributed by atoms with E-state index in [1.807, 2.05) is 18.7 Å². The van der Waals surface area contributed by atoms with E-state index >= 15 is 0 Å². The molecular formula is C13H17ClFNO2. The second-order valence-corrected chi connectivity index (χ2v) is 4.99. The molecule has 1 unspecified atom stereocenters. The first-order chi connectivity index (χ1) is 8.32. The van der Waals surface area contributed by atoms with E-state index in [4.69, 9.17) is 16.7 Å². The van der Waals surface area contributed by atoms with Crippen molar-refractivity contribution in [1.82, 2.24) is 0 Å². The van der Waals surface area contributed by atoms with Crippen molar-refractivity contribution in [3.05, 3.63) is 29.0 Å². The molecule has 3 nitrogen and oxygen atoms in total. The van der Waals surface area contributed by atoms with Gasteiger partial charge in [0.05, 0.1) is 10.9 Å². The van der Waals surface area contributed by atoms with Gasteiger partial charge < -0.3 is 10.0 Å². The predicted molar refractivity (Wildman–Crippen MR) is 70.7 cm³/mol. The molecule has 0 saturated carbocycles. The van der Waals surface area contributed by atoms with Crippen LogP contribution >= 0.6 is 11.6 Å². The maximum atomic E-state index is 13.1. The van der Waals surface area contributed by atoms with Crippen molar-refractivity contribution in [2.75, 3.05) is 11.4 Å². The fourth-order valence-corrected chi connectivity index (χ4v) is 1.83. The van der Waals surface area contributed by atoms with E-state index in [1.54, 1.807) is 13.0 Å². The molecule has 0 spiro atoms. The number of nitrogens with zero attached hydrogens (tertiary/aromatic N) is 1. The lowest BCUT2D eigenvalue weighted by molar-refractivity contribution is -0.140. The molecule has 0 bridgehead atoms. The van der Waals surface area contributed by atoms with E-state index in [2.05, 4.69) is 0 Å². The SMILES string of the molecule is CC(CN(c1ccc(F)c(Cl)c1)C(C)C)C(=O)O. The number of benzene rings is 1. The number of hydrogen-bond acceptors (Lipinski definition) is 2. The zero-order valence-corrected chi connectivity index (χ0v) is 11.4. The molecule has 0 radical (unpaired) electrons. The lowest BCUT2D eigenvalue weighted by Gasteiger charge is -2.30. The van der Waals surface area contributed by atoms with Crippen molar-refractivity contribution < 1.29 is 14.3 Å². The summed E-state index contributed by atoms with van der Waals surface area (Å²) >= 11 is 5.74. The van der Waals surface area contributed by atoms with Crippen LogP contribution in [0.5, 0.6) is 0 Å². The highest BCUT2D eigenvalue weighted by Crippen LogP contribution is 2.25. The maximum Gasteiger partial charge on any atom is 0.308 e. The lowest BCUT2D eigenvalue weighted by Crippen LogP contribution is -2.37. The smallest absolute Gasteiger partial charge is 0.308 e. The normalized spacial score (nSPS) is 12.6. The van der Waals surface area contributed by atoms with Crippen LogP contribution in [-0.4, -0.2) is 23.7 Å². The number of anilines is 1. The van der Waals surface area contributed by atoms with Gasteiger partial charge in [-0.25, -0.2) is 4.39 Å². The number of halogens is 2. The largest absolute Gasteiger partial charge is 0.481 e. The van der Waals surface area contributed by atoms with Crippen LogP contribution in [0.1, 0.15) is 20.8 Å². The van der Waals surface area contributed by atoms with Gasteiger partial charge in [-0.05, 0) is 32.0 Å². The van der Waals surface area contributed by atoms with Gasteiger partial charge in [-0.2, -0.15) is 0 Å². The standard InChI is InChI=1S/C13H17ClFNO2/c1-8(2)16(7-9(3)13(17)18)10-4-5-12(15)11(14)6-10/h4-6,8-9H,7H2,1-3H3,(H,17,18). The number of hydrogen-bond donors (Lipinski definition) is 1. The van der Waals surface area contributed by atoms with E-state index in [-0.39, 0.29) is 11.1 Å². The van der Waals surface area contributed by atoms with Gasteiger partial charge in [0.25, 0.3) is 0 Å². The van der Waals surface area contributed by atoms with Crippen LogP contribution in [0.15, 0.2) is 18.2 Å². The molecule has 1 aromatic carbocycles. The Hall–Kier alpha value is -1.29. The molecule has 1 N–H and O–H groups in total. The van der Waals surface area contributed by atoms with E-state index in [0.717, 1.165) is 5.69 Å². The molecule has 0 fully saturated rings. The summed E-state index contributed by atoms with van der Waals surface area (Å²) in [6, 6.07) is 4.52. The zero-order chi connectivity index (χ0) is 13.9. The van der Waals surface area contributed by atoms with Gasteiger partial charge in [-0.3, -0.25) is 4.79 Å². The van der Waals surface area contributed by atoms with Gasteiger partial charge in [-0.1, -0.05) is 18.5 Å². The average Bonchev–Trinajstić information content (AvgIpc) is 2.29. The average molecular weight is 274 g/mol. The molecule has 0 aliphatic heterocycles. The Morgan fingerprint density at radius 2 is 2.06 bits per heavy atom. The Kier molecular flexibility index (Phi) is 4.96. The fraction of sp³-hybridized carbons (Fsp3) is 0.462. The van der Waals surface area contributed by atoms with Crippen molar-refractivity contribution in [2.45, 2.75) is 26.8 Å². The summed E-state index contributed by atoms with van der Waals surface area (Å²) in [5.74, 6) is -1.83. The topological polar surface area (TPSA) is 40.5 Å². The van der Waals surface area contributed by atoms with Crippen molar-refractivity contribution in [3.8, 4) is 0 Å². The molecule has 1 rings (SSSR count). The highest BCUT2D eigenvalue weighted by molar-refractivity contribution is 6.31. The highest BCUT2D eigenvalue weighted by atomic mass is 35.5. The van der Waals surface area contributed by atoms with E-state index in [1.165, 1.54) is 12.1 Å². The Labute approximate surface area is 111 Å². The third-order valence-corrected chi connectivity index (χ3v) is 3.04. The number of carbonyl (C=O) groups is 1. The number of aliphatic carboxylic acids is 1. The van der Waals surface area contributed by atoms with Crippen LogP contribution in [0.25, 0.3) is 0 Å². The first-order valence-corrected chi connectivity index (χ1v) is 6.15. The molecule has 0 aliphatic carbocycles. The fourth-order valence-electron chi connectivity index (χ4n) is 1.65. The number of rotatable bonds is 5. The molecule has 1 atom stereocenters. The first kappa shape index (κ1) is 14.8. The summed E-state index contributed by atoms with van der Waals surface area (Å²) < 4.78 is 13.1. The van der Waals surface area contributed by atoms with Gasteiger partial charge in [0.15, 0.2) is 0 Å². The summed E-state index contributed by atoms with van der Waals surface area (Å²) in [6.07, 6.45) is 0. The molecule has 0 aliphatic rings. The number of carboxylic acids is 1. The molecule has 0 heterocycles. The zero-order valence-electron chi connectivity index (χ0n) is 10.7. The van der Waals surface area contributed by atoms with Crippen LogP contribution in [0, 0.1) is 11.7 Å². The van der Waals surface area contributed by atoms with Crippen molar-refractivity contribution in [1.29, 1.82) is 0 Å². The molecular weight excluding hydrogens is 257 g/mol. The van der Waals surface area contributed by atoms with Crippen molar-refractivity contribution >= 4 is 23.3 Å². The summed E-state index contributed by atoms with van der Waals surface area (Å²) in [5, 5.41) is 8.99. The molecule has 100 valence electrons. The monoisotopic (exact) mass is 273 g/mol. The van der Waals surface area contributed by atoms with Crippen LogP contribution in [-0.2, 0) is 4.79 Å². The predicted octanol–water partition coefficient (Wildman–Crippen LogP) is 3.41. The summed E-state index contributed by atoms with van der Waals surface area (Å²) in [6.45, 7) is 5.90. The Morgan fingerprint density at radius 1 is 1.44 bits per heavy atom. The van der Waals surface area contributed by atoms with Crippen molar-refractivity contribution in [3.63, 3.8) is 0 Å². The van der Waals surface area contributed by atoms with Crippen molar-refractivity contribution in [2.24, 2.45) is 5.92 Å². The van der Waals surface area contributed by atoms with E-state index < -0.39 is 17.7 Å². The maximum absolute atomic E-state index is 13.1. The minimum absolute atomic E-state index is 0.0427. The Balaban J connectivity index is 2.97. The minimum atomic E-state index is -0.853. The van der Waals surface area contributed by atoms with Crippen LogP contribution in [0.2, 0.25) is 5.02 Å². The molecule has 5 heteroatoms. The molecule has 0 amide bonds. The quantitative estimate of drug-likeness (QED) is 0.894. The van der Waals surface area contributed by atoms with Gasteiger partial charge in [0.1, 0.15) is 5.82 Å². The summed E-state index contributed by atoms with van der Waals surface area (Å²) in [4.78, 5) is 12.8. The third-order valence-electron chi connectivity index (χ3n) is 2.75. The summed E-state index contributed by atoms with van der Waals surface area (Å²) in [5.41, 5.74) is 0.726. The second-order valence-electron chi connectivity index (χ2n) is 4.58. The Morgan fingerprint density at radius 3 is 2.50 bits per heavy atom. The summed E-state index contributed by atoms with van der Waals surface area (Å²) in [7, 11) is 0. The van der Waals surface area contributed by atoms with E-state index in [9.17, 15) is 9.18 Å². The minimum Gasteiger partial charge on any atom is -0.481 e. The Bertz CT molecular complexity index is 437.